The number of hydrogen-bond donors (Lipinski definition) is 2. The first-order chi connectivity index (χ1) is 11.5. The summed E-state index contributed by atoms with van der Waals surface area (Å²) < 4.78 is 9.95. The van der Waals surface area contributed by atoms with Gasteiger partial charge in [-0.1, -0.05) is 23.2 Å². The van der Waals surface area contributed by atoms with E-state index in [9.17, 15) is 4.79 Å². The minimum atomic E-state index is -0.374. The molecule has 4 rings (SSSR count). The monoisotopic (exact) mass is 379 g/mol. The lowest BCUT2D eigenvalue weighted by atomic mass is 10.2. The van der Waals surface area contributed by atoms with Gasteiger partial charge in [0.15, 0.2) is 5.58 Å². The number of benzene rings is 2. The summed E-state index contributed by atoms with van der Waals surface area (Å²) in [5.41, 5.74) is 3.01. The molecule has 122 valence electrons. The summed E-state index contributed by atoms with van der Waals surface area (Å²) in [6, 6.07) is 9.28. The van der Waals surface area contributed by atoms with Gasteiger partial charge in [0.2, 0.25) is 0 Å². The lowest BCUT2D eigenvalue weighted by Crippen LogP contribution is -2.08. The van der Waals surface area contributed by atoms with Crippen LogP contribution in [0.3, 0.4) is 0 Å². The average molecular weight is 380 g/mol. The summed E-state index contributed by atoms with van der Waals surface area (Å²) in [5.74, 6) is -0.374. The predicted molar refractivity (Wildman–Crippen MR) is 99.3 cm³/mol. The highest BCUT2D eigenvalue weighted by molar-refractivity contribution is 8.00. The summed E-state index contributed by atoms with van der Waals surface area (Å²) >= 11 is 13.8. The molecule has 24 heavy (non-hydrogen) atoms. The fraction of sp³-hybridized carbons (Fsp3) is 0.0625. The molecule has 2 heterocycles. The molecule has 0 saturated heterocycles. The largest absolute Gasteiger partial charge is 0.419 e. The Morgan fingerprint density at radius 1 is 1.21 bits per heavy atom. The molecule has 0 bridgehead atoms. The lowest BCUT2D eigenvalue weighted by molar-refractivity contribution is 0.527. The third kappa shape index (κ3) is 2.47. The Balaban J connectivity index is 1.66. The van der Waals surface area contributed by atoms with Crippen LogP contribution in [0.5, 0.6) is 0 Å². The first-order valence-electron chi connectivity index (χ1n) is 7.02. The van der Waals surface area contributed by atoms with Crippen LogP contribution in [-0.4, -0.2) is 9.55 Å². The highest BCUT2D eigenvalue weighted by Crippen LogP contribution is 2.36. The molecule has 0 saturated carbocycles. The quantitative estimate of drug-likeness (QED) is 0.489. The SMILES string of the molecule is Cn1c(=O)oc2cc(SNc3ccc(Cl)c4c(Cl)c[nH]c34)ccc21. The van der Waals surface area contributed by atoms with E-state index < -0.39 is 0 Å². The van der Waals surface area contributed by atoms with Crippen LogP contribution in [0, 0.1) is 0 Å². The number of nitrogens with zero attached hydrogens (tertiary/aromatic N) is 1. The van der Waals surface area contributed by atoms with Crippen molar-refractivity contribution in [3.63, 3.8) is 0 Å². The van der Waals surface area contributed by atoms with Crippen molar-refractivity contribution in [3.8, 4) is 0 Å². The number of fused-ring (bicyclic) bond motifs is 2. The molecular weight excluding hydrogens is 369 g/mol. The average Bonchev–Trinajstić information content (AvgIpc) is 3.08. The smallest absolute Gasteiger partial charge is 0.408 e. The van der Waals surface area contributed by atoms with Crippen LogP contribution in [0.1, 0.15) is 0 Å². The molecular formula is C16H11Cl2N3O2S. The van der Waals surface area contributed by atoms with Gasteiger partial charge in [-0.25, -0.2) is 4.79 Å². The third-order valence-corrected chi connectivity index (χ3v) is 5.20. The molecule has 0 aliphatic heterocycles. The van der Waals surface area contributed by atoms with Crippen molar-refractivity contribution in [1.82, 2.24) is 9.55 Å². The van der Waals surface area contributed by atoms with Gasteiger partial charge in [0.1, 0.15) is 0 Å². The summed E-state index contributed by atoms with van der Waals surface area (Å²) in [7, 11) is 1.68. The van der Waals surface area contributed by atoms with Crippen LogP contribution in [-0.2, 0) is 7.05 Å². The maximum Gasteiger partial charge on any atom is 0.419 e. The number of aromatic nitrogens is 2. The number of hydrogen-bond acceptors (Lipinski definition) is 4. The van der Waals surface area contributed by atoms with Crippen LogP contribution < -0.4 is 10.5 Å². The molecule has 0 atom stereocenters. The Bertz CT molecular complexity index is 1130. The van der Waals surface area contributed by atoms with E-state index in [1.807, 2.05) is 24.3 Å². The Kier molecular flexibility index (Phi) is 3.75. The molecule has 8 heteroatoms. The van der Waals surface area contributed by atoms with Gasteiger partial charge >= 0.3 is 5.76 Å². The molecule has 2 aromatic heterocycles. The number of nitrogens with one attached hydrogen (secondary N) is 2. The van der Waals surface area contributed by atoms with E-state index in [2.05, 4.69) is 9.71 Å². The maximum atomic E-state index is 11.6. The molecule has 0 radical (unpaired) electrons. The summed E-state index contributed by atoms with van der Waals surface area (Å²) in [6.07, 6.45) is 1.71. The van der Waals surface area contributed by atoms with E-state index in [1.165, 1.54) is 16.5 Å². The van der Waals surface area contributed by atoms with Crippen molar-refractivity contribution in [3.05, 3.63) is 57.1 Å². The van der Waals surface area contributed by atoms with Crippen LogP contribution >= 0.6 is 35.1 Å². The molecule has 0 aliphatic carbocycles. The van der Waals surface area contributed by atoms with Gasteiger partial charge in [0.05, 0.1) is 26.8 Å². The summed E-state index contributed by atoms with van der Waals surface area (Å²) in [6.45, 7) is 0. The topological polar surface area (TPSA) is 63.0 Å². The third-order valence-electron chi connectivity index (χ3n) is 3.78. The van der Waals surface area contributed by atoms with Crippen LogP contribution in [0.15, 0.2) is 50.6 Å². The molecule has 0 aliphatic rings. The van der Waals surface area contributed by atoms with E-state index in [0.717, 1.165) is 27.0 Å². The zero-order chi connectivity index (χ0) is 16.8. The molecule has 2 aromatic carbocycles. The number of anilines is 1. The molecule has 0 fully saturated rings. The van der Waals surface area contributed by atoms with Gasteiger partial charge in [-0.2, -0.15) is 0 Å². The molecule has 0 spiro atoms. The molecule has 5 nitrogen and oxygen atoms in total. The summed E-state index contributed by atoms with van der Waals surface area (Å²) in [4.78, 5) is 15.6. The Hall–Kier alpha value is -2.02. The molecule has 0 unspecified atom stereocenters. The predicted octanol–water partition coefficient (Wildman–Crippen LogP) is 5.04. The van der Waals surface area contributed by atoms with E-state index in [0.29, 0.717) is 15.6 Å². The van der Waals surface area contributed by atoms with Crippen LogP contribution in [0.2, 0.25) is 10.0 Å². The van der Waals surface area contributed by atoms with Gasteiger partial charge in [-0.3, -0.25) is 4.57 Å². The van der Waals surface area contributed by atoms with Crippen LogP contribution in [0.4, 0.5) is 5.69 Å². The van der Waals surface area contributed by atoms with E-state index in [-0.39, 0.29) is 5.76 Å². The first-order valence-corrected chi connectivity index (χ1v) is 8.59. The zero-order valence-electron chi connectivity index (χ0n) is 12.4. The normalized spacial score (nSPS) is 11.5. The van der Waals surface area contributed by atoms with E-state index in [1.54, 1.807) is 19.3 Å². The van der Waals surface area contributed by atoms with Crippen molar-refractivity contribution in [2.45, 2.75) is 4.90 Å². The van der Waals surface area contributed by atoms with Gasteiger partial charge in [-0.05, 0) is 42.3 Å². The van der Waals surface area contributed by atoms with E-state index in [4.69, 9.17) is 27.6 Å². The Morgan fingerprint density at radius 2 is 2.04 bits per heavy atom. The summed E-state index contributed by atoms with van der Waals surface area (Å²) in [5, 5.41) is 1.96. The van der Waals surface area contributed by atoms with Gasteiger partial charge in [0, 0.05) is 23.5 Å². The minimum absolute atomic E-state index is 0.374. The zero-order valence-corrected chi connectivity index (χ0v) is 14.7. The highest BCUT2D eigenvalue weighted by atomic mass is 35.5. The second kappa shape index (κ2) is 5.81. The fourth-order valence-electron chi connectivity index (χ4n) is 2.54. The number of oxazole rings is 1. The Labute approximate surface area is 150 Å². The van der Waals surface area contributed by atoms with Crippen molar-refractivity contribution in [2.24, 2.45) is 7.05 Å². The minimum Gasteiger partial charge on any atom is -0.408 e. The van der Waals surface area contributed by atoms with Crippen LogP contribution in [0.25, 0.3) is 22.0 Å². The van der Waals surface area contributed by atoms with Crippen molar-refractivity contribution in [2.75, 3.05) is 4.72 Å². The van der Waals surface area contributed by atoms with E-state index >= 15 is 0 Å². The van der Waals surface area contributed by atoms with Gasteiger partial charge in [0.25, 0.3) is 0 Å². The standard InChI is InChI=1S/C16H11Cl2N3O2S/c1-21-12-5-2-8(6-13(12)23-16(21)22)24-20-11-4-3-9(17)14-10(18)7-19-15(11)14/h2-7,19-20H,1H3. The lowest BCUT2D eigenvalue weighted by Gasteiger charge is -2.08. The fourth-order valence-corrected chi connectivity index (χ4v) is 3.80. The number of aromatic amines is 1. The van der Waals surface area contributed by atoms with Gasteiger partial charge < -0.3 is 14.1 Å². The molecule has 2 N–H and O–H groups in total. The van der Waals surface area contributed by atoms with Crippen molar-refractivity contribution >= 4 is 62.8 Å². The second-order valence-electron chi connectivity index (χ2n) is 5.24. The first kappa shape index (κ1) is 15.5. The van der Waals surface area contributed by atoms with Gasteiger partial charge in [-0.15, -0.1) is 0 Å². The maximum absolute atomic E-state index is 11.6. The number of halogens is 2. The Morgan fingerprint density at radius 3 is 2.88 bits per heavy atom. The number of aryl methyl sites for hydroxylation is 1. The molecule has 4 aromatic rings. The van der Waals surface area contributed by atoms with Crippen molar-refractivity contribution < 1.29 is 4.42 Å². The van der Waals surface area contributed by atoms with Crippen molar-refractivity contribution in [1.29, 1.82) is 0 Å². The number of H-pyrrole nitrogens is 1. The molecule has 0 amide bonds. The highest BCUT2D eigenvalue weighted by Gasteiger charge is 2.11. The number of rotatable bonds is 3. The second-order valence-corrected chi connectivity index (χ2v) is 6.94.